The number of benzene rings is 1. The topological polar surface area (TPSA) is 65.5 Å². The van der Waals surface area contributed by atoms with Gasteiger partial charge in [-0.25, -0.2) is 0 Å². The molecule has 2 aromatic rings. The van der Waals surface area contributed by atoms with Gasteiger partial charge in [0.15, 0.2) is 0 Å². The maximum atomic E-state index is 12.4. The van der Waals surface area contributed by atoms with Crippen LogP contribution >= 0.6 is 0 Å². The van der Waals surface area contributed by atoms with Gasteiger partial charge >= 0.3 is 0 Å². The van der Waals surface area contributed by atoms with E-state index in [-0.39, 0.29) is 11.9 Å². The molecule has 0 bridgehead atoms. The smallest absolute Gasteiger partial charge is 0.239 e. The third-order valence-electron chi connectivity index (χ3n) is 3.96. The van der Waals surface area contributed by atoms with Gasteiger partial charge in [-0.3, -0.25) is 9.78 Å². The normalized spacial score (nSPS) is 21.6. The molecule has 0 aliphatic carbocycles. The minimum Gasteiger partial charge on any atom is -0.392 e. The molecule has 1 saturated heterocycles. The maximum absolute atomic E-state index is 12.4. The Bertz CT molecular complexity index is 654. The number of nitrogens with one attached hydrogen (secondary N) is 1. The second kappa shape index (κ2) is 5.79. The first kappa shape index (κ1) is 14.0. The van der Waals surface area contributed by atoms with Crippen LogP contribution < -0.4 is 5.32 Å². The molecule has 0 spiro atoms. The molecular weight excluding hydrogens is 266 g/mol. The highest BCUT2D eigenvalue weighted by molar-refractivity contribution is 5.86. The highest BCUT2D eigenvalue weighted by Gasteiger charge is 2.30. The summed E-state index contributed by atoms with van der Waals surface area (Å²) in [5, 5.41) is 14.8. The quantitative estimate of drug-likeness (QED) is 0.880. The number of carbonyl (C=O) groups excluding carboxylic acids is 1. The van der Waals surface area contributed by atoms with Crippen LogP contribution in [0.5, 0.6) is 0 Å². The van der Waals surface area contributed by atoms with E-state index in [2.05, 4.69) is 10.3 Å². The minimum atomic E-state index is -0.420. The van der Waals surface area contributed by atoms with Crippen LogP contribution in [0, 0.1) is 0 Å². The molecule has 1 aliphatic rings. The monoisotopic (exact) mass is 285 g/mol. The molecule has 21 heavy (non-hydrogen) atoms. The summed E-state index contributed by atoms with van der Waals surface area (Å²) in [6, 6.07) is 7.73. The summed E-state index contributed by atoms with van der Waals surface area (Å²) in [4.78, 5) is 18.2. The van der Waals surface area contributed by atoms with Crippen LogP contribution in [0.25, 0.3) is 10.8 Å². The Morgan fingerprint density at radius 2 is 2.33 bits per heavy atom. The summed E-state index contributed by atoms with van der Waals surface area (Å²) in [5.41, 5.74) is 1.10. The van der Waals surface area contributed by atoms with Gasteiger partial charge in [-0.05, 0) is 23.4 Å². The molecule has 1 aromatic heterocycles. The van der Waals surface area contributed by atoms with E-state index >= 15 is 0 Å². The van der Waals surface area contributed by atoms with Crippen LogP contribution in [0.15, 0.2) is 36.7 Å². The number of pyridine rings is 1. The number of amides is 1. The lowest BCUT2D eigenvalue weighted by Gasteiger charge is -2.22. The number of aliphatic hydroxyl groups is 1. The third-order valence-corrected chi connectivity index (χ3v) is 3.96. The first-order valence-corrected chi connectivity index (χ1v) is 7.13. The van der Waals surface area contributed by atoms with Crippen LogP contribution in [0.4, 0.5) is 0 Å². The Kier molecular flexibility index (Phi) is 3.86. The first-order valence-electron chi connectivity index (χ1n) is 7.13. The molecule has 2 N–H and O–H groups in total. The van der Waals surface area contributed by atoms with E-state index in [0.29, 0.717) is 19.5 Å². The number of likely N-dealkylation sites (N-methyl/N-ethyl adjacent to an activating group) is 1. The van der Waals surface area contributed by atoms with Crippen molar-refractivity contribution >= 4 is 16.7 Å². The third kappa shape index (κ3) is 2.89. The van der Waals surface area contributed by atoms with Gasteiger partial charge < -0.3 is 15.3 Å². The summed E-state index contributed by atoms with van der Waals surface area (Å²) < 4.78 is 0. The molecule has 1 aromatic carbocycles. The first-order chi connectivity index (χ1) is 10.1. The Labute approximate surface area is 123 Å². The molecule has 1 aliphatic heterocycles. The van der Waals surface area contributed by atoms with Crippen molar-refractivity contribution in [1.82, 2.24) is 15.2 Å². The highest BCUT2D eigenvalue weighted by Crippen LogP contribution is 2.19. The summed E-state index contributed by atoms with van der Waals surface area (Å²) >= 11 is 0. The predicted molar refractivity (Wildman–Crippen MR) is 80.6 cm³/mol. The minimum absolute atomic E-state index is 0.0256. The number of nitrogens with zero attached hydrogens (tertiary/aromatic N) is 2. The van der Waals surface area contributed by atoms with Crippen molar-refractivity contribution in [3.05, 3.63) is 42.2 Å². The van der Waals surface area contributed by atoms with Gasteiger partial charge in [-0.2, -0.15) is 0 Å². The number of hydrogen-bond donors (Lipinski definition) is 2. The van der Waals surface area contributed by atoms with Gasteiger partial charge in [0.05, 0.1) is 12.1 Å². The van der Waals surface area contributed by atoms with Crippen molar-refractivity contribution in [3.8, 4) is 0 Å². The van der Waals surface area contributed by atoms with Gasteiger partial charge in [0.1, 0.15) is 0 Å². The number of β-amino-alcohol motifs (C(OH)–C–C–N with tert-alkyl or cyclic N) is 1. The standard InChI is InChI=1S/C16H19N3O2/c1-19(16(21)15-7-13(20)9-18-15)10-12-4-2-3-11-8-17-6-5-14(11)12/h2-6,8,13,15,18,20H,7,9-10H2,1H3/t13-,15+/m1/s1. The van der Waals surface area contributed by atoms with Crippen molar-refractivity contribution in [2.45, 2.75) is 25.1 Å². The van der Waals surface area contributed by atoms with E-state index < -0.39 is 6.10 Å². The molecule has 110 valence electrons. The summed E-state index contributed by atoms with van der Waals surface area (Å²) in [5.74, 6) is 0.0256. The fourth-order valence-electron chi connectivity index (χ4n) is 2.83. The van der Waals surface area contributed by atoms with Crippen molar-refractivity contribution in [2.75, 3.05) is 13.6 Å². The van der Waals surface area contributed by atoms with E-state index in [9.17, 15) is 9.90 Å². The Hall–Kier alpha value is -1.98. The Balaban J connectivity index is 1.77. The SMILES string of the molecule is CN(Cc1cccc2cnccc12)C(=O)[C@@H]1C[C@@H](O)CN1. The van der Waals surface area contributed by atoms with Crippen molar-refractivity contribution in [1.29, 1.82) is 0 Å². The molecule has 5 heteroatoms. The van der Waals surface area contributed by atoms with Crippen LogP contribution in [0.2, 0.25) is 0 Å². The molecule has 5 nitrogen and oxygen atoms in total. The zero-order valence-corrected chi connectivity index (χ0v) is 12.0. The van der Waals surface area contributed by atoms with Gasteiger partial charge in [0.25, 0.3) is 0 Å². The number of fused-ring (bicyclic) bond motifs is 1. The number of aromatic nitrogens is 1. The second-order valence-corrected chi connectivity index (χ2v) is 5.56. The number of rotatable bonds is 3. The van der Waals surface area contributed by atoms with E-state index in [1.54, 1.807) is 18.1 Å². The van der Waals surface area contributed by atoms with Gasteiger partial charge in [-0.15, -0.1) is 0 Å². The van der Waals surface area contributed by atoms with E-state index in [0.717, 1.165) is 16.3 Å². The second-order valence-electron chi connectivity index (χ2n) is 5.56. The van der Waals surface area contributed by atoms with Crippen LogP contribution in [0.3, 0.4) is 0 Å². The molecule has 2 heterocycles. The summed E-state index contributed by atoms with van der Waals surface area (Å²) in [7, 11) is 1.80. The summed E-state index contributed by atoms with van der Waals surface area (Å²) in [6.45, 7) is 1.04. The lowest BCUT2D eigenvalue weighted by atomic mass is 10.1. The predicted octanol–water partition coefficient (Wildman–Crippen LogP) is 0.916. The average Bonchev–Trinajstić information content (AvgIpc) is 2.93. The summed E-state index contributed by atoms with van der Waals surface area (Å²) in [6.07, 6.45) is 3.66. The Morgan fingerprint density at radius 1 is 1.48 bits per heavy atom. The molecule has 2 atom stereocenters. The average molecular weight is 285 g/mol. The van der Waals surface area contributed by atoms with Crippen molar-refractivity contribution in [2.24, 2.45) is 0 Å². The highest BCUT2D eigenvalue weighted by atomic mass is 16.3. The number of hydrogen-bond acceptors (Lipinski definition) is 4. The fourth-order valence-corrected chi connectivity index (χ4v) is 2.83. The van der Waals surface area contributed by atoms with Gasteiger partial charge in [-0.1, -0.05) is 18.2 Å². The molecule has 1 fully saturated rings. The maximum Gasteiger partial charge on any atom is 0.239 e. The van der Waals surface area contributed by atoms with Crippen LogP contribution in [-0.2, 0) is 11.3 Å². The van der Waals surface area contributed by atoms with E-state index in [4.69, 9.17) is 0 Å². The van der Waals surface area contributed by atoms with Gasteiger partial charge in [0.2, 0.25) is 5.91 Å². The van der Waals surface area contributed by atoms with Crippen LogP contribution in [0.1, 0.15) is 12.0 Å². The van der Waals surface area contributed by atoms with E-state index in [1.807, 2.05) is 30.5 Å². The van der Waals surface area contributed by atoms with Crippen LogP contribution in [-0.4, -0.2) is 46.6 Å². The van der Waals surface area contributed by atoms with Crippen molar-refractivity contribution in [3.63, 3.8) is 0 Å². The molecule has 1 amide bonds. The molecular formula is C16H19N3O2. The fraction of sp³-hybridized carbons (Fsp3) is 0.375. The van der Waals surface area contributed by atoms with E-state index in [1.165, 1.54) is 0 Å². The lowest BCUT2D eigenvalue weighted by molar-refractivity contribution is -0.132. The zero-order valence-electron chi connectivity index (χ0n) is 12.0. The molecule has 0 radical (unpaired) electrons. The molecule has 0 unspecified atom stereocenters. The lowest BCUT2D eigenvalue weighted by Crippen LogP contribution is -2.41. The molecule has 3 rings (SSSR count). The zero-order chi connectivity index (χ0) is 14.8. The number of aliphatic hydroxyl groups excluding tert-OH is 1. The Morgan fingerprint density at radius 3 is 3.10 bits per heavy atom. The molecule has 0 saturated carbocycles. The van der Waals surface area contributed by atoms with Crippen molar-refractivity contribution < 1.29 is 9.90 Å². The van der Waals surface area contributed by atoms with Gasteiger partial charge in [0, 0.05) is 37.9 Å². The number of carbonyl (C=O) groups is 1. The largest absolute Gasteiger partial charge is 0.392 e.